The van der Waals surface area contributed by atoms with E-state index in [1.807, 2.05) is 35.9 Å². The van der Waals surface area contributed by atoms with E-state index < -0.39 is 0 Å². The molecule has 1 aliphatic rings. The van der Waals surface area contributed by atoms with Gasteiger partial charge in [-0.3, -0.25) is 14.3 Å². The van der Waals surface area contributed by atoms with Crippen molar-refractivity contribution >= 4 is 45.7 Å². The maximum atomic E-state index is 14.9. The Hall–Kier alpha value is -3.79. The van der Waals surface area contributed by atoms with E-state index in [4.69, 9.17) is 11.6 Å². The van der Waals surface area contributed by atoms with Gasteiger partial charge in [0.1, 0.15) is 10.8 Å². The highest BCUT2D eigenvalue weighted by molar-refractivity contribution is 6.32. The molecule has 1 saturated heterocycles. The Morgan fingerprint density at radius 1 is 1.16 bits per heavy atom. The summed E-state index contributed by atoms with van der Waals surface area (Å²) < 4.78 is 16.8. The molecule has 0 saturated carbocycles. The van der Waals surface area contributed by atoms with Gasteiger partial charge >= 0.3 is 0 Å². The summed E-state index contributed by atoms with van der Waals surface area (Å²) in [6, 6.07) is 10.7. The number of aryl methyl sites for hydroxylation is 1. The van der Waals surface area contributed by atoms with Crippen molar-refractivity contribution in [1.29, 1.82) is 0 Å². The summed E-state index contributed by atoms with van der Waals surface area (Å²) in [6.45, 7) is 9.87. The van der Waals surface area contributed by atoms with E-state index >= 15 is 0 Å². The minimum atomic E-state index is -0.278. The summed E-state index contributed by atoms with van der Waals surface area (Å²) in [4.78, 5) is 25.2. The molecule has 1 amide bonds. The molecule has 0 unspecified atom stereocenters. The number of likely N-dealkylation sites (N-methyl/N-ethyl adjacent to an activating group) is 1. The number of halogens is 2. The maximum absolute atomic E-state index is 14.9. The van der Waals surface area contributed by atoms with Gasteiger partial charge in [0.25, 0.3) is 0 Å². The lowest BCUT2D eigenvalue weighted by Gasteiger charge is -2.32. The van der Waals surface area contributed by atoms with Gasteiger partial charge < -0.3 is 15.5 Å². The molecule has 4 aromatic rings. The molecule has 0 bridgehead atoms. The van der Waals surface area contributed by atoms with Gasteiger partial charge in [-0.05, 0) is 55.9 Å². The molecule has 2 aromatic heterocycles. The molecule has 38 heavy (non-hydrogen) atoms. The smallest absolute Gasteiger partial charge is 0.247 e. The summed E-state index contributed by atoms with van der Waals surface area (Å²) in [6.07, 6.45) is 4.67. The van der Waals surface area contributed by atoms with Crippen LogP contribution in [-0.2, 0) is 11.3 Å². The summed E-state index contributed by atoms with van der Waals surface area (Å²) >= 11 is 6.50. The van der Waals surface area contributed by atoms with E-state index in [9.17, 15) is 9.18 Å². The van der Waals surface area contributed by atoms with Crippen LogP contribution in [0.15, 0.2) is 61.4 Å². The standard InChI is InChI=1S/C28H29ClFN7O/c1-4-26(38)32-20-7-8-25-22(13-20)18(2)16-37(25)27-23(29)15-31-28(34-27)33-21-6-5-19(24(30)14-21)17-36-11-9-35(3)10-12-36/h4-8,13-16H,1,9-12,17H2,2-3H3,(H,32,38)(H,31,33,34). The van der Waals surface area contributed by atoms with Crippen molar-refractivity contribution < 1.29 is 9.18 Å². The van der Waals surface area contributed by atoms with Crippen molar-refractivity contribution in [3.63, 3.8) is 0 Å². The molecule has 10 heteroatoms. The van der Waals surface area contributed by atoms with Gasteiger partial charge in [0.05, 0.1) is 11.7 Å². The van der Waals surface area contributed by atoms with Crippen LogP contribution in [0.5, 0.6) is 0 Å². The van der Waals surface area contributed by atoms with E-state index in [1.54, 1.807) is 12.1 Å². The first-order valence-electron chi connectivity index (χ1n) is 12.3. The molecule has 0 radical (unpaired) electrons. The number of anilines is 3. The average Bonchev–Trinajstić information content (AvgIpc) is 3.23. The Morgan fingerprint density at radius 2 is 1.92 bits per heavy atom. The van der Waals surface area contributed by atoms with E-state index in [1.165, 1.54) is 18.3 Å². The lowest BCUT2D eigenvalue weighted by atomic mass is 10.1. The quantitative estimate of drug-likeness (QED) is 0.320. The number of piperazine rings is 1. The molecule has 0 aliphatic carbocycles. The van der Waals surface area contributed by atoms with E-state index in [2.05, 4.69) is 44.0 Å². The van der Waals surface area contributed by atoms with Crippen LogP contribution in [0.3, 0.4) is 0 Å². The molecule has 3 heterocycles. The highest BCUT2D eigenvalue weighted by Gasteiger charge is 2.17. The van der Waals surface area contributed by atoms with Crippen molar-refractivity contribution in [1.82, 2.24) is 24.3 Å². The van der Waals surface area contributed by atoms with Crippen molar-refractivity contribution in [3.8, 4) is 5.82 Å². The van der Waals surface area contributed by atoms with Gasteiger partial charge in [-0.1, -0.05) is 24.2 Å². The van der Waals surface area contributed by atoms with E-state index in [-0.39, 0.29) is 11.7 Å². The molecule has 2 N–H and O–H groups in total. The Labute approximate surface area is 225 Å². The Kier molecular flexibility index (Phi) is 7.42. The summed E-state index contributed by atoms with van der Waals surface area (Å²) in [5.41, 5.74) is 3.73. The van der Waals surface area contributed by atoms with Crippen LogP contribution < -0.4 is 10.6 Å². The Morgan fingerprint density at radius 3 is 2.66 bits per heavy atom. The fraction of sp³-hybridized carbons (Fsp3) is 0.250. The van der Waals surface area contributed by atoms with Crippen molar-refractivity contribution in [2.24, 2.45) is 0 Å². The minimum absolute atomic E-state index is 0.269. The molecular weight excluding hydrogens is 505 g/mol. The second-order valence-corrected chi connectivity index (χ2v) is 9.89. The molecule has 196 valence electrons. The minimum Gasteiger partial charge on any atom is -0.324 e. The van der Waals surface area contributed by atoms with Crippen LogP contribution in [-0.4, -0.2) is 63.5 Å². The second-order valence-electron chi connectivity index (χ2n) is 9.48. The molecule has 1 fully saturated rings. The Bertz CT molecular complexity index is 1510. The zero-order valence-electron chi connectivity index (χ0n) is 21.3. The lowest BCUT2D eigenvalue weighted by Crippen LogP contribution is -2.44. The molecule has 0 spiro atoms. The lowest BCUT2D eigenvalue weighted by molar-refractivity contribution is -0.111. The van der Waals surface area contributed by atoms with Gasteiger partial charge in [-0.25, -0.2) is 9.37 Å². The van der Waals surface area contributed by atoms with Crippen LogP contribution in [0, 0.1) is 12.7 Å². The number of benzene rings is 2. The number of nitrogens with one attached hydrogen (secondary N) is 2. The predicted molar refractivity (Wildman–Crippen MR) is 150 cm³/mol. The second kappa shape index (κ2) is 10.9. The third kappa shape index (κ3) is 5.55. The van der Waals surface area contributed by atoms with Gasteiger partial charge in [-0.15, -0.1) is 0 Å². The third-order valence-corrected chi connectivity index (χ3v) is 6.98. The van der Waals surface area contributed by atoms with E-state index in [0.29, 0.717) is 40.3 Å². The first-order valence-corrected chi connectivity index (χ1v) is 12.7. The number of aromatic nitrogens is 3. The van der Waals surface area contributed by atoms with Gasteiger partial charge in [0, 0.05) is 61.2 Å². The molecule has 0 atom stereocenters. The van der Waals surface area contributed by atoms with Crippen molar-refractivity contribution in [3.05, 3.63) is 83.4 Å². The van der Waals surface area contributed by atoms with Gasteiger partial charge in [0.2, 0.25) is 11.9 Å². The normalized spacial score (nSPS) is 14.5. The van der Waals surface area contributed by atoms with Crippen molar-refractivity contribution in [2.75, 3.05) is 43.9 Å². The fourth-order valence-electron chi connectivity index (χ4n) is 4.56. The number of fused-ring (bicyclic) bond motifs is 1. The number of carbonyl (C=O) groups excluding carboxylic acids is 1. The third-order valence-electron chi connectivity index (χ3n) is 6.71. The first kappa shape index (κ1) is 25.8. The SMILES string of the molecule is C=CC(=O)Nc1ccc2c(c1)c(C)cn2-c1nc(Nc2ccc(CN3CCN(C)CC3)c(F)c2)ncc1Cl. The number of hydrogen-bond donors (Lipinski definition) is 2. The van der Waals surface area contributed by atoms with Crippen LogP contribution in [0.25, 0.3) is 16.7 Å². The fourth-order valence-corrected chi connectivity index (χ4v) is 4.74. The first-order chi connectivity index (χ1) is 18.3. The average molecular weight is 534 g/mol. The zero-order chi connectivity index (χ0) is 26.8. The molecule has 5 rings (SSSR count). The van der Waals surface area contributed by atoms with Crippen LogP contribution in [0.4, 0.5) is 21.7 Å². The molecule has 2 aromatic carbocycles. The molecular formula is C28H29ClFN7O. The van der Waals surface area contributed by atoms with Gasteiger partial charge in [0.15, 0.2) is 5.82 Å². The van der Waals surface area contributed by atoms with Crippen LogP contribution >= 0.6 is 11.6 Å². The van der Waals surface area contributed by atoms with Crippen LogP contribution in [0.2, 0.25) is 5.02 Å². The number of carbonyl (C=O) groups is 1. The number of nitrogens with zero attached hydrogens (tertiary/aromatic N) is 5. The van der Waals surface area contributed by atoms with Crippen LogP contribution in [0.1, 0.15) is 11.1 Å². The summed E-state index contributed by atoms with van der Waals surface area (Å²) in [7, 11) is 2.10. The molecule has 1 aliphatic heterocycles. The summed E-state index contributed by atoms with van der Waals surface area (Å²) in [5, 5.41) is 7.18. The largest absolute Gasteiger partial charge is 0.324 e. The number of hydrogen-bond acceptors (Lipinski definition) is 6. The maximum Gasteiger partial charge on any atom is 0.247 e. The van der Waals surface area contributed by atoms with E-state index in [0.717, 1.165) is 42.6 Å². The zero-order valence-corrected chi connectivity index (χ0v) is 22.1. The number of amides is 1. The van der Waals surface area contributed by atoms with Gasteiger partial charge in [-0.2, -0.15) is 4.98 Å². The highest BCUT2D eigenvalue weighted by atomic mass is 35.5. The highest BCUT2D eigenvalue weighted by Crippen LogP contribution is 2.30. The topological polar surface area (TPSA) is 78.3 Å². The Balaban J connectivity index is 1.37. The molecule has 8 nitrogen and oxygen atoms in total. The monoisotopic (exact) mass is 533 g/mol. The number of rotatable bonds is 7. The summed E-state index contributed by atoms with van der Waals surface area (Å²) in [5.74, 6) is 0.233. The van der Waals surface area contributed by atoms with Crippen molar-refractivity contribution in [2.45, 2.75) is 13.5 Å². The predicted octanol–water partition coefficient (Wildman–Crippen LogP) is 5.14.